The smallest absolute Gasteiger partial charge is 0.216 e. The monoisotopic (exact) mass is 208 g/mol. The molecule has 1 heterocycles. The number of aliphatic hydroxyl groups excluding tert-OH is 1. The zero-order chi connectivity index (χ0) is 10.7. The fourth-order valence-corrected chi connectivity index (χ4v) is 2.14. The van der Waals surface area contributed by atoms with Gasteiger partial charge >= 0.3 is 0 Å². The highest BCUT2D eigenvalue weighted by Crippen LogP contribution is 2.33. The van der Waals surface area contributed by atoms with E-state index in [4.69, 9.17) is 9.84 Å². The first-order valence-corrected chi connectivity index (χ1v) is 5.33. The van der Waals surface area contributed by atoms with Gasteiger partial charge in [0.2, 0.25) is 5.88 Å². The number of hydrogen-bond donors (Lipinski definition) is 1. The summed E-state index contributed by atoms with van der Waals surface area (Å²) in [6.07, 6.45) is 5.25. The maximum Gasteiger partial charge on any atom is 0.216 e. The third-order valence-corrected chi connectivity index (χ3v) is 3.08. The molecule has 1 saturated carbocycles. The highest BCUT2D eigenvalue weighted by Gasteiger charge is 2.32. The van der Waals surface area contributed by atoms with Gasteiger partial charge in [-0.05, 0) is 24.7 Å². The van der Waals surface area contributed by atoms with E-state index in [0.717, 1.165) is 12.8 Å². The number of rotatable bonds is 3. The van der Waals surface area contributed by atoms with Crippen molar-refractivity contribution in [1.82, 2.24) is 9.97 Å². The number of hydrogen-bond acceptors (Lipinski definition) is 4. The van der Waals surface area contributed by atoms with Gasteiger partial charge in [0.1, 0.15) is 12.4 Å². The van der Waals surface area contributed by atoms with Crippen molar-refractivity contribution in [3.63, 3.8) is 0 Å². The molecule has 0 aliphatic heterocycles. The summed E-state index contributed by atoms with van der Waals surface area (Å²) in [5.74, 6) is 1.53. The molecular formula is C11H16N2O2. The first kappa shape index (κ1) is 10.4. The largest absolute Gasteiger partial charge is 0.474 e. The van der Waals surface area contributed by atoms with Crippen LogP contribution >= 0.6 is 0 Å². The Labute approximate surface area is 89.3 Å². The van der Waals surface area contributed by atoms with Crippen LogP contribution in [0.15, 0.2) is 18.6 Å². The number of nitrogens with zero attached hydrogens (tertiary/aromatic N) is 2. The lowest BCUT2D eigenvalue weighted by atomic mass is 10.00. The Morgan fingerprint density at radius 3 is 3.00 bits per heavy atom. The van der Waals surface area contributed by atoms with Crippen LogP contribution in [0.2, 0.25) is 0 Å². The first-order chi connectivity index (χ1) is 7.29. The molecule has 4 heteroatoms. The third kappa shape index (κ3) is 2.45. The second-order valence-electron chi connectivity index (χ2n) is 4.18. The van der Waals surface area contributed by atoms with Crippen LogP contribution in [0.4, 0.5) is 0 Å². The Balaban J connectivity index is 1.92. The predicted molar refractivity (Wildman–Crippen MR) is 55.4 cm³/mol. The maximum absolute atomic E-state index is 9.14. The molecule has 1 N–H and O–H groups in total. The molecule has 0 radical (unpaired) electrons. The summed E-state index contributed by atoms with van der Waals surface area (Å²) < 4.78 is 5.72. The van der Waals surface area contributed by atoms with Gasteiger partial charge in [0, 0.05) is 18.9 Å². The van der Waals surface area contributed by atoms with Crippen LogP contribution in [0.1, 0.15) is 19.8 Å². The van der Waals surface area contributed by atoms with Gasteiger partial charge in [-0.1, -0.05) is 6.92 Å². The van der Waals surface area contributed by atoms with Crippen molar-refractivity contribution < 1.29 is 9.84 Å². The summed E-state index contributed by atoms with van der Waals surface area (Å²) in [6, 6.07) is 1.76. The van der Waals surface area contributed by atoms with Gasteiger partial charge in [-0.2, -0.15) is 0 Å². The van der Waals surface area contributed by atoms with Crippen molar-refractivity contribution in [2.45, 2.75) is 25.9 Å². The normalized spacial score (nSPS) is 30.4. The average Bonchev–Trinajstić information content (AvgIpc) is 2.60. The summed E-state index contributed by atoms with van der Waals surface area (Å²) in [4.78, 5) is 7.86. The minimum absolute atomic E-state index is 0.187. The second-order valence-corrected chi connectivity index (χ2v) is 4.18. The van der Waals surface area contributed by atoms with Crippen LogP contribution in [0, 0.1) is 11.8 Å². The molecule has 0 bridgehead atoms. The van der Waals surface area contributed by atoms with Gasteiger partial charge in [-0.15, -0.1) is 0 Å². The first-order valence-electron chi connectivity index (χ1n) is 5.33. The Morgan fingerprint density at radius 1 is 1.53 bits per heavy atom. The quantitative estimate of drug-likeness (QED) is 0.812. The van der Waals surface area contributed by atoms with Crippen LogP contribution in [0.3, 0.4) is 0 Å². The molecule has 1 aliphatic carbocycles. The molecule has 0 saturated heterocycles. The number of aliphatic hydroxyl groups is 1. The van der Waals surface area contributed by atoms with E-state index in [1.807, 2.05) is 0 Å². The Morgan fingerprint density at radius 2 is 2.40 bits per heavy atom. The highest BCUT2D eigenvalue weighted by molar-refractivity contribution is 5.05. The van der Waals surface area contributed by atoms with Crippen LogP contribution < -0.4 is 4.74 Å². The van der Waals surface area contributed by atoms with Crippen LogP contribution in [-0.4, -0.2) is 27.8 Å². The van der Waals surface area contributed by atoms with E-state index >= 15 is 0 Å². The van der Waals surface area contributed by atoms with Gasteiger partial charge < -0.3 is 9.84 Å². The molecule has 0 unspecified atom stereocenters. The Hall–Kier alpha value is -1.16. The summed E-state index contributed by atoms with van der Waals surface area (Å²) in [5, 5.41) is 9.14. The lowest BCUT2D eigenvalue weighted by molar-refractivity contribution is 0.175. The van der Waals surface area contributed by atoms with Gasteiger partial charge in [-0.3, -0.25) is 0 Å². The van der Waals surface area contributed by atoms with Gasteiger partial charge in [0.05, 0.1) is 0 Å². The van der Waals surface area contributed by atoms with E-state index in [2.05, 4.69) is 16.9 Å². The third-order valence-electron chi connectivity index (χ3n) is 3.08. The zero-order valence-corrected chi connectivity index (χ0v) is 8.84. The summed E-state index contributed by atoms with van der Waals surface area (Å²) in [5.41, 5.74) is 0. The molecule has 1 aliphatic rings. The standard InChI is InChI=1S/C11H16N2O2/c1-8-4-10(5-9(8)6-14)15-11-2-3-12-7-13-11/h2-3,7-10,14H,4-6H2,1H3/t8-,9+,10-/m0/s1. The summed E-state index contributed by atoms with van der Waals surface area (Å²) in [7, 11) is 0. The van der Waals surface area contributed by atoms with E-state index in [0.29, 0.717) is 17.7 Å². The molecule has 0 aromatic carbocycles. The van der Waals surface area contributed by atoms with Crippen LogP contribution in [0.5, 0.6) is 5.88 Å². The van der Waals surface area contributed by atoms with E-state index in [1.54, 1.807) is 12.3 Å². The fourth-order valence-electron chi connectivity index (χ4n) is 2.14. The van der Waals surface area contributed by atoms with Crippen LogP contribution in [-0.2, 0) is 0 Å². The van der Waals surface area contributed by atoms with Crippen molar-refractivity contribution in [3.8, 4) is 5.88 Å². The van der Waals surface area contributed by atoms with E-state index in [9.17, 15) is 0 Å². The van der Waals surface area contributed by atoms with Crippen LogP contribution in [0.25, 0.3) is 0 Å². The maximum atomic E-state index is 9.14. The topological polar surface area (TPSA) is 55.2 Å². The van der Waals surface area contributed by atoms with Crippen molar-refractivity contribution in [2.75, 3.05) is 6.61 Å². The molecule has 1 aromatic rings. The molecule has 3 atom stereocenters. The minimum atomic E-state index is 0.187. The van der Waals surface area contributed by atoms with E-state index in [-0.39, 0.29) is 12.7 Å². The molecule has 1 aromatic heterocycles. The van der Waals surface area contributed by atoms with Gasteiger partial charge in [0.15, 0.2) is 0 Å². The molecule has 1 fully saturated rings. The Kier molecular flexibility index (Phi) is 3.16. The minimum Gasteiger partial charge on any atom is -0.474 e. The predicted octanol–water partition coefficient (Wildman–Crippen LogP) is 1.26. The number of ether oxygens (including phenoxy) is 1. The van der Waals surface area contributed by atoms with Gasteiger partial charge in [0.25, 0.3) is 0 Å². The second kappa shape index (κ2) is 4.57. The van der Waals surface area contributed by atoms with Crippen molar-refractivity contribution in [2.24, 2.45) is 11.8 Å². The molecule has 82 valence electrons. The highest BCUT2D eigenvalue weighted by atomic mass is 16.5. The lowest BCUT2D eigenvalue weighted by Gasteiger charge is -2.11. The molecule has 4 nitrogen and oxygen atoms in total. The lowest BCUT2D eigenvalue weighted by Crippen LogP contribution is -2.13. The Bertz CT molecular complexity index is 305. The molecular weight excluding hydrogens is 192 g/mol. The summed E-state index contributed by atoms with van der Waals surface area (Å²) in [6.45, 7) is 2.41. The van der Waals surface area contributed by atoms with Crippen molar-refractivity contribution in [1.29, 1.82) is 0 Å². The van der Waals surface area contributed by atoms with Crippen molar-refractivity contribution >= 4 is 0 Å². The molecule has 2 rings (SSSR count). The molecule has 0 amide bonds. The van der Waals surface area contributed by atoms with Gasteiger partial charge in [-0.25, -0.2) is 9.97 Å². The fraction of sp³-hybridized carbons (Fsp3) is 0.636. The average molecular weight is 208 g/mol. The zero-order valence-electron chi connectivity index (χ0n) is 8.84. The molecule has 0 spiro atoms. The SMILES string of the molecule is C[C@H]1C[C@H](Oc2ccncn2)C[C@@H]1CO. The summed E-state index contributed by atoms with van der Waals surface area (Å²) >= 11 is 0. The van der Waals surface area contributed by atoms with E-state index < -0.39 is 0 Å². The van der Waals surface area contributed by atoms with E-state index in [1.165, 1.54) is 6.33 Å². The number of aromatic nitrogens is 2. The van der Waals surface area contributed by atoms with Crippen molar-refractivity contribution in [3.05, 3.63) is 18.6 Å². The molecule has 15 heavy (non-hydrogen) atoms.